The van der Waals surface area contributed by atoms with E-state index in [1.165, 1.54) is 5.56 Å². The van der Waals surface area contributed by atoms with E-state index in [1.807, 2.05) is 57.2 Å². The molecule has 0 aliphatic carbocycles. The zero-order chi connectivity index (χ0) is 19.4. The molecule has 0 saturated heterocycles. The Kier molecular flexibility index (Phi) is 5.91. The molecule has 0 saturated carbocycles. The zero-order valence-corrected chi connectivity index (χ0v) is 16.5. The summed E-state index contributed by atoms with van der Waals surface area (Å²) in [6.45, 7) is 5.77. The van der Waals surface area contributed by atoms with E-state index < -0.39 is 0 Å². The number of hydrogen-bond donors (Lipinski definition) is 1. The molecule has 140 valence electrons. The van der Waals surface area contributed by atoms with Crippen molar-refractivity contribution >= 4 is 17.5 Å². The number of carbonyl (C=O) groups is 1. The van der Waals surface area contributed by atoms with Gasteiger partial charge in [0.05, 0.1) is 11.4 Å². The van der Waals surface area contributed by atoms with E-state index in [-0.39, 0.29) is 11.9 Å². The Hall–Kier alpha value is -2.66. The average molecular weight is 383 g/mol. The lowest BCUT2D eigenvalue weighted by Gasteiger charge is -2.13. The first kappa shape index (κ1) is 19.1. The summed E-state index contributed by atoms with van der Waals surface area (Å²) in [5.74, 6) is -0.211. The third kappa shape index (κ3) is 4.55. The number of nitrogens with one attached hydrogen (secondary N) is 1. The molecule has 3 aromatic rings. The topological polar surface area (TPSA) is 59.8 Å². The Morgan fingerprint density at radius 2 is 1.93 bits per heavy atom. The van der Waals surface area contributed by atoms with Crippen molar-refractivity contribution in [3.8, 4) is 5.69 Å². The van der Waals surface area contributed by atoms with Gasteiger partial charge in [-0.05, 0) is 56.9 Å². The van der Waals surface area contributed by atoms with Crippen LogP contribution in [0.15, 0.2) is 48.5 Å². The zero-order valence-electron chi connectivity index (χ0n) is 15.7. The van der Waals surface area contributed by atoms with Gasteiger partial charge in [-0.2, -0.15) is 0 Å². The first-order chi connectivity index (χ1) is 13.0. The lowest BCUT2D eigenvalue weighted by atomic mass is 10.1. The summed E-state index contributed by atoms with van der Waals surface area (Å²) in [6.07, 6.45) is 1.77. The maximum atomic E-state index is 12.6. The monoisotopic (exact) mass is 382 g/mol. The molecule has 0 bridgehead atoms. The van der Waals surface area contributed by atoms with Crippen LogP contribution >= 0.6 is 11.6 Å². The van der Waals surface area contributed by atoms with Gasteiger partial charge in [0.25, 0.3) is 5.91 Å². The number of carbonyl (C=O) groups excluding carboxylic acids is 1. The quantitative estimate of drug-likeness (QED) is 0.691. The number of hydrogen-bond acceptors (Lipinski definition) is 3. The number of aromatic nitrogens is 3. The molecule has 0 spiro atoms. The van der Waals surface area contributed by atoms with Crippen LogP contribution in [0.1, 0.15) is 40.7 Å². The minimum Gasteiger partial charge on any atom is -0.348 e. The Balaban J connectivity index is 1.66. The van der Waals surface area contributed by atoms with Crippen molar-refractivity contribution in [2.24, 2.45) is 0 Å². The highest BCUT2D eigenvalue weighted by Gasteiger charge is 2.19. The minimum atomic E-state index is -0.211. The molecule has 1 aromatic heterocycles. The molecule has 27 heavy (non-hydrogen) atoms. The third-order valence-electron chi connectivity index (χ3n) is 4.60. The van der Waals surface area contributed by atoms with Gasteiger partial charge in [-0.15, -0.1) is 5.10 Å². The second kappa shape index (κ2) is 8.35. The lowest BCUT2D eigenvalue weighted by Crippen LogP contribution is -2.33. The lowest BCUT2D eigenvalue weighted by molar-refractivity contribution is 0.0932. The number of amides is 1. The van der Waals surface area contributed by atoms with Crippen molar-refractivity contribution in [1.82, 2.24) is 20.3 Å². The van der Waals surface area contributed by atoms with Gasteiger partial charge >= 0.3 is 0 Å². The molecule has 1 unspecified atom stereocenters. The van der Waals surface area contributed by atoms with Gasteiger partial charge in [-0.3, -0.25) is 4.79 Å². The van der Waals surface area contributed by atoms with Crippen LogP contribution in [0.2, 0.25) is 5.02 Å². The molecule has 6 heteroatoms. The van der Waals surface area contributed by atoms with Crippen LogP contribution in [0.4, 0.5) is 0 Å². The Morgan fingerprint density at radius 1 is 1.19 bits per heavy atom. The van der Waals surface area contributed by atoms with Crippen LogP contribution in [0.5, 0.6) is 0 Å². The Morgan fingerprint density at radius 3 is 2.63 bits per heavy atom. The maximum absolute atomic E-state index is 12.6. The maximum Gasteiger partial charge on any atom is 0.273 e. The normalized spacial score (nSPS) is 12.0. The first-order valence-electron chi connectivity index (χ1n) is 8.99. The van der Waals surface area contributed by atoms with Gasteiger partial charge in [-0.1, -0.05) is 53.2 Å². The first-order valence-corrected chi connectivity index (χ1v) is 9.37. The highest BCUT2D eigenvalue weighted by Crippen LogP contribution is 2.20. The molecule has 1 heterocycles. The molecular formula is C21H23ClN4O. The molecule has 3 rings (SSSR count). The smallest absolute Gasteiger partial charge is 0.273 e. The van der Waals surface area contributed by atoms with Gasteiger partial charge in [0, 0.05) is 11.1 Å². The fraction of sp³-hybridized carbons (Fsp3) is 0.286. The van der Waals surface area contributed by atoms with Crippen LogP contribution in [0.3, 0.4) is 0 Å². The van der Waals surface area contributed by atoms with Crippen molar-refractivity contribution in [3.05, 3.63) is 76.1 Å². The van der Waals surface area contributed by atoms with E-state index in [9.17, 15) is 4.79 Å². The SMILES string of the molecule is Cc1ccc(-n2nnc(C(=O)NC(C)CCc3ccccc3)c2C)cc1Cl. The standard InChI is InChI=1S/C21H23ClN4O/c1-14-9-12-18(13-19(14)22)26-16(3)20(24-25-26)21(27)23-15(2)10-11-17-7-5-4-6-8-17/h4-9,12-13,15H,10-11H2,1-3H3,(H,23,27). The molecule has 0 aliphatic rings. The fourth-order valence-corrected chi connectivity index (χ4v) is 3.06. The summed E-state index contributed by atoms with van der Waals surface area (Å²) in [5.41, 5.74) is 4.05. The molecule has 1 N–H and O–H groups in total. The van der Waals surface area contributed by atoms with Gasteiger partial charge in [-0.25, -0.2) is 4.68 Å². The van der Waals surface area contributed by atoms with Gasteiger partial charge in [0.15, 0.2) is 5.69 Å². The number of benzene rings is 2. The summed E-state index contributed by atoms with van der Waals surface area (Å²) in [4.78, 5) is 12.6. The van der Waals surface area contributed by atoms with E-state index in [4.69, 9.17) is 11.6 Å². The Labute approximate surface area is 164 Å². The minimum absolute atomic E-state index is 0.0380. The summed E-state index contributed by atoms with van der Waals surface area (Å²) >= 11 is 6.20. The van der Waals surface area contributed by atoms with E-state index in [2.05, 4.69) is 27.8 Å². The number of nitrogens with zero attached hydrogens (tertiary/aromatic N) is 3. The van der Waals surface area contributed by atoms with E-state index >= 15 is 0 Å². The van der Waals surface area contributed by atoms with Gasteiger partial charge < -0.3 is 5.32 Å². The van der Waals surface area contributed by atoms with Gasteiger partial charge in [0.2, 0.25) is 0 Å². The Bertz CT molecular complexity index is 937. The largest absolute Gasteiger partial charge is 0.348 e. The van der Waals surface area contributed by atoms with E-state index in [0.29, 0.717) is 16.4 Å². The van der Waals surface area contributed by atoms with E-state index in [0.717, 1.165) is 24.1 Å². The van der Waals surface area contributed by atoms with Crippen molar-refractivity contribution in [2.45, 2.75) is 39.7 Å². The fourth-order valence-electron chi connectivity index (χ4n) is 2.89. The molecule has 0 fully saturated rings. The highest BCUT2D eigenvalue weighted by atomic mass is 35.5. The molecule has 0 aliphatic heterocycles. The molecule has 5 nitrogen and oxygen atoms in total. The summed E-state index contributed by atoms with van der Waals surface area (Å²) in [5, 5.41) is 11.9. The molecule has 1 atom stereocenters. The predicted molar refractivity (Wildman–Crippen MR) is 108 cm³/mol. The van der Waals surface area contributed by atoms with Crippen molar-refractivity contribution in [2.75, 3.05) is 0 Å². The van der Waals surface area contributed by atoms with Crippen molar-refractivity contribution in [3.63, 3.8) is 0 Å². The van der Waals surface area contributed by atoms with Crippen LogP contribution in [0, 0.1) is 13.8 Å². The number of halogens is 1. The summed E-state index contributed by atoms with van der Waals surface area (Å²) < 4.78 is 1.63. The second-order valence-electron chi connectivity index (χ2n) is 6.77. The molecule has 1 amide bonds. The number of aryl methyl sites for hydroxylation is 2. The van der Waals surface area contributed by atoms with Crippen molar-refractivity contribution < 1.29 is 4.79 Å². The summed E-state index contributed by atoms with van der Waals surface area (Å²) in [6, 6.07) is 15.9. The van der Waals surface area contributed by atoms with Crippen LogP contribution in [0.25, 0.3) is 5.69 Å². The third-order valence-corrected chi connectivity index (χ3v) is 5.00. The van der Waals surface area contributed by atoms with Crippen LogP contribution < -0.4 is 5.32 Å². The molecule has 0 radical (unpaired) electrons. The van der Waals surface area contributed by atoms with Gasteiger partial charge in [0.1, 0.15) is 0 Å². The van der Waals surface area contributed by atoms with Crippen molar-refractivity contribution in [1.29, 1.82) is 0 Å². The van der Waals surface area contributed by atoms with Crippen LogP contribution in [-0.2, 0) is 6.42 Å². The number of rotatable bonds is 6. The van der Waals surface area contributed by atoms with Crippen LogP contribution in [-0.4, -0.2) is 26.9 Å². The highest BCUT2D eigenvalue weighted by molar-refractivity contribution is 6.31. The summed E-state index contributed by atoms with van der Waals surface area (Å²) in [7, 11) is 0. The average Bonchev–Trinajstić information content (AvgIpc) is 3.05. The molecular weight excluding hydrogens is 360 g/mol. The second-order valence-corrected chi connectivity index (χ2v) is 7.17. The molecule has 2 aromatic carbocycles. The van der Waals surface area contributed by atoms with E-state index in [1.54, 1.807) is 4.68 Å². The predicted octanol–water partition coefficient (Wildman–Crippen LogP) is 4.29.